The third-order valence-electron chi connectivity index (χ3n) is 7.76. The Labute approximate surface area is 205 Å². The van der Waals surface area contributed by atoms with Crippen LogP contribution in [0.4, 0.5) is 13.2 Å². The fourth-order valence-electron chi connectivity index (χ4n) is 5.98. The standard InChI is InChI=1S/C29H33F3O3/c1-3-4-5-6-18-7-8-20-14-21(10-9-19(20)13-18)28-25(31)15-22(16-26(28)32)29(33)35-23-11-12-27(34-2)24(30)17-23/h3-4,11-12,15-21H,5-10,13-14H2,1-2H3/b4-3+. The third kappa shape index (κ3) is 5.91. The molecule has 2 aromatic carbocycles. The lowest BCUT2D eigenvalue weighted by Gasteiger charge is -2.42. The Morgan fingerprint density at radius 3 is 2.37 bits per heavy atom. The van der Waals surface area contributed by atoms with Gasteiger partial charge >= 0.3 is 5.97 Å². The Balaban J connectivity index is 1.41. The van der Waals surface area contributed by atoms with E-state index >= 15 is 8.78 Å². The normalized spacial score (nSPS) is 24.3. The van der Waals surface area contributed by atoms with Crippen LogP contribution in [-0.4, -0.2) is 13.1 Å². The molecule has 0 heterocycles. The lowest BCUT2D eigenvalue weighted by atomic mass is 9.63. The van der Waals surface area contributed by atoms with E-state index in [1.54, 1.807) is 0 Å². The second-order valence-electron chi connectivity index (χ2n) is 9.90. The largest absolute Gasteiger partial charge is 0.494 e. The second kappa shape index (κ2) is 11.3. The number of halogens is 3. The molecule has 2 aliphatic carbocycles. The first-order chi connectivity index (χ1) is 16.9. The van der Waals surface area contributed by atoms with Gasteiger partial charge in [-0.2, -0.15) is 0 Å². The summed E-state index contributed by atoms with van der Waals surface area (Å²) in [6.07, 6.45) is 12.7. The number of benzene rings is 2. The summed E-state index contributed by atoms with van der Waals surface area (Å²) in [5.41, 5.74) is -0.166. The fraction of sp³-hybridized carbons (Fsp3) is 0.483. The van der Waals surface area contributed by atoms with Crippen LogP contribution in [0, 0.1) is 35.2 Å². The van der Waals surface area contributed by atoms with E-state index < -0.39 is 23.4 Å². The van der Waals surface area contributed by atoms with Crippen LogP contribution in [-0.2, 0) is 0 Å². The molecule has 4 atom stereocenters. The highest BCUT2D eigenvalue weighted by Crippen LogP contribution is 2.49. The monoisotopic (exact) mass is 486 g/mol. The summed E-state index contributed by atoms with van der Waals surface area (Å²) in [6, 6.07) is 5.73. The van der Waals surface area contributed by atoms with Crippen molar-refractivity contribution in [2.45, 2.75) is 64.2 Å². The first-order valence-corrected chi connectivity index (χ1v) is 12.5. The zero-order valence-corrected chi connectivity index (χ0v) is 20.4. The van der Waals surface area contributed by atoms with E-state index in [0.717, 1.165) is 56.2 Å². The summed E-state index contributed by atoms with van der Waals surface area (Å²) in [5, 5.41) is 0. The summed E-state index contributed by atoms with van der Waals surface area (Å²) in [5.74, 6) is -1.45. The van der Waals surface area contributed by atoms with Gasteiger partial charge in [-0.1, -0.05) is 18.6 Å². The molecule has 35 heavy (non-hydrogen) atoms. The number of rotatable bonds is 7. The fourth-order valence-corrected chi connectivity index (χ4v) is 5.98. The average molecular weight is 487 g/mol. The van der Waals surface area contributed by atoms with Gasteiger partial charge in [-0.05, 0) is 99.8 Å². The molecular formula is C29H33F3O3. The first-order valence-electron chi connectivity index (χ1n) is 12.5. The minimum Gasteiger partial charge on any atom is -0.494 e. The molecule has 2 fully saturated rings. The second-order valence-corrected chi connectivity index (χ2v) is 9.90. The van der Waals surface area contributed by atoms with Crippen molar-refractivity contribution >= 4 is 5.97 Å². The van der Waals surface area contributed by atoms with Crippen LogP contribution in [0.2, 0.25) is 0 Å². The molecule has 0 aromatic heterocycles. The van der Waals surface area contributed by atoms with Crippen LogP contribution in [0.1, 0.15) is 80.1 Å². The minimum atomic E-state index is -0.945. The maximum absolute atomic E-state index is 15.1. The Bertz CT molecular complexity index is 1060. The van der Waals surface area contributed by atoms with Crippen molar-refractivity contribution < 1.29 is 27.4 Å². The molecule has 0 N–H and O–H groups in total. The van der Waals surface area contributed by atoms with E-state index in [4.69, 9.17) is 9.47 Å². The number of carbonyl (C=O) groups is 1. The number of allylic oxidation sites excluding steroid dienone is 2. The molecule has 0 aliphatic heterocycles. The molecule has 0 spiro atoms. The zero-order valence-electron chi connectivity index (χ0n) is 20.4. The number of methoxy groups -OCH3 is 1. The Hall–Kier alpha value is -2.76. The first kappa shape index (κ1) is 25.3. The van der Waals surface area contributed by atoms with Gasteiger partial charge in [0.15, 0.2) is 11.6 Å². The predicted octanol–water partition coefficient (Wildman–Crippen LogP) is 7.99. The van der Waals surface area contributed by atoms with Gasteiger partial charge in [0.1, 0.15) is 17.4 Å². The smallest absolute Gasteiger partial charge is 0.343 e. The molecule has 4 rings (SSSR count). The predicted molar refractivity (Wildman–Crippen MR) is 129 cm³/mol. The van der Waals surface area contributed by atoms with Gasteiger partial charge in [0, 0.05) is 11.6 Å². The number of carbonyl (C=O) groups excluding carboxylic acids is 1. The van der Waals surface area contributed by atoms with Crippen molar-refractivity contribution in [2.75, 3.05) is 7.11 Å². The van der Waals surface area contributed by atoms with E-state index in [2.05, 4.69) is 12.2 Å². The van der Waals surface area contributed by atoms with Crippen molar-refractivity contribution in [3.05, 3.63) is 71.1 Å². The van der Waals surface area contributed by atoms with Crippen LogP contribution in [0.3, 0.4) is 0 Å². The summed E-state index contributed by atoms with van der Waals surface area (Å²) in [6.45, 7) is 2.05. The molecule has 2 aliphatic rings. The summed E-state index contributed by atoms with van der Waals surface area (Å²) in [7, 11) is 1.32. The van der Waals surface area contributed by atoms with Crippen LogP contribution < -0.4 is 9.47 Å². The van der Waals surface area contributed by atoms with Gasteiger partial charge in [0.2, 0.25) is 0 Å². The number of hydrogen-bond donors (Lipinski definition) is 0. The highest BCUT2D eigenvalue weighted by molar-refractivity contribution is 5.91. The SMILES string of the molecule is C/C=C/CCC1CCC2CC(c3c(F)cc(C(=O)Oc4ccc(OC)c(F)c4)cc3F)CCC2C1. The van der Waals surface area contributed by atoms with E-state index in [1.165, 1.54) is 38.5 Å². The summed E-state index contributed by atoms with van der Waals surface area (Å²) < 4.78 is 54.0. The van der Waals surface area contributed by atoms with E-state index in [-0.39, 0.29) is 28.5 Å². The highest BCUT2D eigenvalue weighted by atomic mass is 19.1. The lowest BCUT2D eigenvalue weighted by molar-refractivity contribution is 0.0732. The van der Waals surface area contributed by atoms with E-state index in [1.807, 2.05) is 6.92 Å². The Kier molecular flexibility index (Phi) is 8.19. The molecule has 2 saturated carbocycles. The molecule has 2 aromatic rings. The third-order valence-corrected chi connectivity index (χ3v) is 7.76. The number of fused-ring (bicyclic) bond motifs is 1. The molecule has 0 radical (unpaired) electrons. The maximum Gasteiger partial charge on any atom is 0.343 e. The van der Waals surface area contributed by atoms with Crippen molar-refractivity contribution in [3.8, 4) is 11.5 Å². The molecule has 0 bridgehead atoms. The van der Waals surface area contributed by atoms with Crippen molar-refractivity contribution in [1.29, 1.82) is 0 Å². The van der Waals surface area contributed by atoms with Crippen molar-refractivity contribution in [2.24, 2.45) is 17.8 Å². The topological polar surface area (TPSA) is 35.5 Å². The molecule has 6 heteroatoms. The number of ether oxygens (including phenoxy) is 2. The van der Waals surface area contributed by atoms with E-state index in [0.29, 0.717) is 11.8 Å². The quantitative estimate of drug-likeness (QED) is 0.226. The average Bonchev–Trinajstić information content (AvgIpc) is 2.84. The number of esters is 1. The molecule has 0 amide bonds. The Morgan fingerprint density at radius 2 is 1.69 bits per heavy atom. The maximum atomic E-state index is 15.1. The molecule has 0 saturated heterocycles. The van der Waals surface area contributed by atoms with Gasteiger partial charge in [0.05, 0.1) is 12.7 Å². The molecular weight excluding hydrogens is 453 g/mol. The van der Waals surface area contributed by atoms with Gasteiger partial charge < -0.3 is 9.47 Å². The minimum absolute atomic E-state index is 0.00287. The van der Waals surface area contributed by atoms with Crippen molar-refractivity contribution in [1.82, 2.24) is 0 Å². The lowest BCUT2D eigenvalue weighted by Crippen LogP contribution is -2.31. The van der Waals surface area contributed by atoms with Crippen LogP contribution >= 0.6 is 0 Å². The summed E-state index contributed by atoms with van der Waals surface area (Å²) in [4.78, 5) is 12.5. The van der Waals surface area contributed by atoms with Gasteiger partial charge in [-0.3, -0.25) is 0 Å². The van der Waals surface area contributed by atoms with Crippen LogP contribution in [0.5, 0.6) is 11.5 Å². The highest BCUT2D eigenvalue weighted by Gasteiger charge is 2.37. The molecule has 4 unspecified atom stereocenters. The van der Waals surface area contributed by atoms with Crippen molar-refractivity contribution in [3.63, 3.8) is 0 Å². The van der Waals surface area contributed by atoms with Crippen LogP contribution in [0.15, 0.2) is 42.5 Å². The Morgan fingerprint density at radius 1 is 0.971 bits per heavy atom. The summed E-state index contributed by atoms with van der Waals surface area (Å²) >= 11 is 0. The number of hydrogen-bond acceptors (Lipinski definition) is 3. The molecule has 188 valence electrons. The van der Waals surface area contributed by atoms with Gasteiger partial charge in [0.25, 0.3) is 0 Å². The molecule has 3 nitrogen and oxygen atoms in total. The van der Waals surface area contributed by atoms with E-state index in [9.17, 15) is 9.18 Å². The zero-order chi connectivity index (χ0) is 24.9. The van der Waals surface area contributed by atoms with Gasteiger partial charge in [-0.15, -0.1) is 0 Å². The van der Waals surface area contributed by atoms with Crippen LogP contribution in [0.25, 0.3) is 0 Å². The van der Waals surface area contributed by atoms with Gasteiger partial charge in [-0.25, -0.2) is 18.0 Å².